The summed E-state index contributed by atoms with van der Waals surface area (Å²) in [6.45, 7) is 5.51. The van der Waals surface area contributed by atoms with Crippen molar-refractivity contribution >= 4 is 40.4 Å². The minimum absolute atomic E-state index is 0.0197. The minimum Gasteiger partial charge on any atom is -0.364 e. The average Bonchev–Trinajstić information content (AvgIpc) is 3.33. The van der Waals surface area contributed by atoms with Gasteiger partial charge >= 0.3 is 0 Å². The summed E-state index contributed by atoms with van der Waals surface area (Å²) >= 11 is 6.46. The average molecular weight is 452 g/mol. The second kappa shape index (κ2) is 10.2. The van der Waals surface area contributed by atoms with Gasteiger partial charge in [-0.3, -0.25) is 4.79 Å². The van der Waals surface area contributed by atoms with Crippen LogP contribution in [0, 0.1) is 5.92 Å². The summed E-state index contributed by atoms with van der Waals surface area (Å²) in [7, 11) is 0. The number of rotatable bonds is 3. The van der Waals surface area contributed by atoms with Gasteiger partial charge in [0.1, 0.15) is 12.0 Å². The van der Waals surface area contributed by atoms with Crippen molar-refractivity contribution in [3.05, 3.63) is 64.7 Å². The zero-order valence-electron chi connectivity index (χ0n) is 18.5. The van der Waals surface area contributed by atoms with Crippen LogP contribution >= 0.6 is 11.6 Å². The molecule has 168 valence electrons. The molecule has 2 atom stereocenters. The van der Waals surface area contributed by atoms with Crippen LogP contribution in [0.4, 0.5) is 17.1 Å². The largest absolute Gasteiger partial charge is 0.364 e. The van der Waals surface area contributed by atoms with Crippen LogP contribution in [0.2, 0.25) is 0 Å². The molecule has 4 bridgehead atoms. The number of anilines is 3. The molecule has 0 aromatic heterocycles. The molecular formula is C25H30ClN5O. The Morgan fingerprint density at radius 1 is 1.19 bits per heavy atom. The zero-order chi connectivity index (χ0) is 22.5. The molecule has 1 amide bonds. The van der Waals surface area contributed by atoms with Crippen LogP contribution in [0.25, 0.3) is 0 Å². The molecule has 0 spiro atoms. The molecule has 2 aliphatic heterocycles. The van der Waals surface area contributed by atoms with E-state index in [1.54, 1.807) is 0 Å². The van der Waals surface area contributed by atoms with E-state index in [-0.39, 0.29) is 18.0 Å². The Balaban J connectivity index is 1.69. The lowest BCUT2D eigenvalue weighted by molar-refractivity contribution is -0.119. The molecule has 2 aliphatic rings. The third-order valence-corrected chi connectivity index (χ3v) is 6.24. The van der Waals surface area contributed by atoms with Crippen LogP contribution in [0.15, 0.2) is 58.6 Å². The van der Waals surface area contributed by atoms with Gasteiger partial charge in [0, 0.05) is 23.6 Å². The molecule has 0 aliphatic carbocycles. The molecule has 1 fully saturated rings. The topological polar surface area (TPSA) is 77.5 Å². The molecule has 32 heavy (non-hydrogen) atoms. The maximum absolute atomic E-state index is 12.7. The van der Waals surface area contributed by atoms with E-state index in [2.05, 4.69) is 45.5 Å². The number of aliphatic imine (C=N–C) groups is 1. The molecule has 4 N–H and O–H groups in total. The summed E-state index contributed by atoms with van der Waals surface area (Å²) in [4.78, 5) is 17.5. The molecule has 2 aromatic carbocycles. The second-order valence-electron chi connectivity index (χ2n) is 8.31. The lowest BCUT2D eigenvalue weighted by Crippen LogP contribution is -2.25. The van der Waals surface area contributed by atoms with Crippen molar-refractivity contribution in [3.8, 4) is 0 Å². The van der Waals surface area contributed by atoms with Gasteiger partial charge in [-0.05, 0) is 81.1 Å². The lowest BCUT2D eigenvalue weighted by atomic mass is 10.0. The Bertz CT molecular complexity index is 1040. The number of carbonyl (C=O) groups is 1. The van der Waals surface area contributed by atoms with Gasteiger partial charge in [-0.25, -0.2) is 4.99 Å². The van der Waals surface area contributed by atoms with Crippen molar-refractivity contribution in [1.29, 1.82) is 0 Å². The number of halogens is 1. The first-order valence-corrected chi connectivity index (χ1v) is 11.6. The summed E-state index contributed by atoms with van der Waals surface area (Å²) in [5.74, 6) is 0.699. The van der Waals surface area contributed by atoms with E-state index in [9.17, 15) is 4.79 Å². The molecule has 7 heteroatoms. The van der Waals surface area contributed by atoms with Gasteiger partial charge in [0.2, 0.25) is 5.91 Å². The molecule has 4 rings (SSSR count). The fraction of sp³-hybridized carbons (Fsp3) is 0.360. The highest BCUT2D eigenvalue weighted by Gasteiger charge is 2.23. The SMILES string of the molecule is C/C=C(Cl)\C1=N/C(C)Nc2cccc(c2)CCc2cc(ccc2NC(=O)C2CCNC2)N1. The summed E-state index contributed by atoms with van der Waals surface area (Å²) in [6.07, 6.45) is 4.20. The van der Waals surface area contributed by atoms with E-state index in [1.807, 2.05) is 38.1 Å². The quantitative estimate of drug-likeness (QED) is 0.543. The number of aryl methyl sites for hydroxylation is 2. The Morgan fingerprint density at radius 2 is 2.06 bits per heavy atom. The molecule has 1 saturated heterocycles. The highest BCUT2D eigenvalue weighted by molar-refractivity contribution is 6.44. The highest BCUT2D eigenvalue weighted by Crippen LogP contribution is 2.26. The van der Waals surface area contributed by atoms with Crippen LogP contribution in [-0.4, -0.2) is 31.0 Å². The number of allylic oxidation sites excluding steroid dienone is 1. The Labute approximate surface area is 194 Å². The second-order valence-corrected chi connectivity index (χ2v) is 8.72. The number of fused-ring (bicyclic) bond motifs is 4. The predicted molar refractivity (Wildman–Crippen MR) is 134 cm³/mol. The van der Waals surface area contributed by atoms with Crippen molar-refractivity contribution in [3.63, 3.8) is 0 Å². The van der Waals surface area contributed by atoms with Gasteiger partial charge in [0.25, 0.3) is 0 Å². The zero-order valence-corrected chi connectivity index (χ0v) is 19.3. The molecule has 2 heterocycles. The van der Waals surface area contributed by atoms with Gasteiger partial charge in [0.05, 0.1) is 11.0 Å². The first-order valence-electron chi connectivity index (χ1n) is 11.2. The predicted octanol–water partition coefficient (Wildman–Crippen LogP) is 4.74. The van der Waals surface area contributed by atoms with E-state index in [0.717, 1.165) is 55.0 Å². The molecule has 0 radical (unpaired) electrons. The lowest BCUT2D eigenvalue weighted by Gasteiger charge is -2.17. The summed E-state index contributed by atoms with van der Waals surface area (Å²) in [6, 6.07) is 14.4. The van der Waals surface area contributed by atoms with E-state index in [4.69, 9.17) is 16.6 Å². The third kappa shape index (κ3) is 5.50. The van der Waals surface area contributed by atoms with Crippen LogP contribution < -0.4 is 21.3 Å². The number of hydrogen-bond donors (Lipinski definition) is 4. The molecule has 0 saturated carbocycles. The Hall–Kier alpha value is -2.83. The summed E-state index contributed by atoms with van der Waals surface area (Å²) in [5, 5.41) is 13.8. The number of hydrogen-bond acceptors (Lipinski definition) is 5. The van der Waals surface area contributed by atoms with E-state index in [1.165, 1.54) is 5.56 Å². The third-order valence-electron chi connectivity index (χ3n) is 5.84. The van der Waals surface area contributed by atoms with Gasteiger partial charge in [-0.1, -0.05) is 29.8 Å². The number of amides is 1. The smallest absolute Gasteiger partial charge is 0.228 e. The van der Waals surface area contributed by atoms with Gasteiger partial charge in [-0.2, -0.15) is 0 Å². The molecule has 6 nitrogen and oxygen atoms in total. The van der Waals surface area contributed by atoms with Gasteiger partial charge in [-0.15, -0.1) is 0 Å². The fourth-order valence-electron chi connectivity index (χ4n) is 4.10. The maximum Gasteiger partial charge on any atom is 0.228 e. The number of nitrogens with one attached hydrogen (secondary N) is 4. The number of nitrogens with zero attached hydrogens (tertiary/aromatic N) is 1. The van der Waals surface area contributed by atoms with Crippen molar-refractivity contribution in [2.24, 2.45) is 10.9 Å². The van der Waals surface area contributed by atoms with E-state index in [0.29, 0.717) is 10.9 Å². The highest BCUT2D eigenvalue weighted by atomic mass is 35.5. The van der Waals surface area contributed by atoms with Crippen LogP contribution in [0.1, 0.15) is 31.4 Å². The molecule has 2 aromatic rings. The van der Waals surface area contributed by atoms with Gasteiger partial charge in [0.15, 0.2) is 0 Å². The molecule has 2 unspecified atom stereocenters. The van der Waals surface area contributed by atoms with E-state index < -0.39 is 0 Å². The number of carbonyl (C=O) groups excluding carboxylic acids is 1. The van der Waals surface area contributed by atoms with Crippen LogP contribution in [0.5, 0.6) is 0 Å². The van der Waals surface area contributed by atoms with Crippen molar-refractivity contribution in [2.45, 2.75) is 39.3 Å². The fourth-order valence-corrected chi connectivity index (χ4v) is 4.20. The Kier molecular flexibility index (Phi) is 7.12. The normalized spacial score (nSPS) is 22.8. The standard InChI is InChI=1S/C25H30ClN5O/c1-3-22(26)24-29-16(2)28-20-6-4-5-17(13-20)7-8-18-14-21(30-24)9-10-23(18)31-25(32)19-11-12-27-15-19/h3-6,9-10,13-14,16,19,27-28H,7-8,11-12,15H2,1-2H3,(H,29,30)(H,31,32)/b22-3+. The number of benzene rings is 2. The van der Waals surface area contributed by atoms with Crippen LogP contribution in [0.3, 0.4) is 0 Å². The van der Waals surface area contributed by atoms with Crippen molar-refractivity contribution in [2.75, 3.05) is 29.0 Å². The summed E-state index contributed by atoms with van der Waals surface area (Å²) in [5.41, 5.74) is 5.07. The molecular weight excluding hydrogens is 422 g/mol. The summed E-state index contributed by atoms with van der Waals surface area (Å²) < 4.78 is 0. The van der Waals surface area contributed by atoms with Gasteiger partial charge < -0.3 is 21.3 Å². The maximum atomic E-state index is 12.7. The van der Waals surface area contributed by atoms with Crippen LogP contribution in [-0.2, 0) is 17.6 Å². The minimum atomic E-state index is -0.166. The Morgan fingerprint density at radius 3 is 2.84 bits per heavy atom. The monoisotopic (exact) mass is 451 g/mol. The van der Waals surface area contributed by atoms with E-state index >= 15 is 0 Å². The first kappa shape index (κ1) is 22.4. The van der Waals surface area contributed by atoms with Crippen molar-refractivity contribution < 1.29 is 4.79 Å². The number of amidine groups is 1. The first-order chi connectivity index (χ1) is 15.5. The van der Waals surface area contributed by atoms with Crippen molar-refractivity contribution in [1.82, 2.24) is 5.32 Å².